The zero-order valence-electron chi connectivity index (χ0n) is 17.4. The van der Waals surface area contributed by atoms with Crippen molar-refractivity contribution in [3.8, 4) is 0 Å². The number of likely N-dealkylation sites (tertiary alicyclic amines) is 1. The minimum absolute atomic E-state index is 0.0640. The van der Waals surface area contributed by atoms with Crippen molar-refractivity contribution in [2.75, 3.05) is 31.1 Å². The lowest BCUT2D eigenvalue weighted by atomic mass is 9.92. The fourth-order valence-corrected chi connectivity index (χ4v) is 5.17. The van der Waals surface area contributed by atoms with Crippen LogP contribution in [0.2, 0.25) is 0 Å². The summed E-state index contributed by atoms with van der Waals surface area (Å²) in [5.41, 5.74) is 2.60. The van der Waals surface area contributed by atoms with Gasteiger partial charge in [0.1, 0.15) is 18.0 Å². The van der Waals surface area contributed by atoms with Gasteiger partial charge in [0, 0.05) is 63.4 Å². The lowest BCUT2D eigenvalue weighted by Crippen LogP contribution is -2.30. The van der Waals surface area contributed by atoms with E-state index in [1.807, 2.05) is 0 Å². The Morgan fingerprint density at radius 2 is 1.79 bits per heavy atom. The monoisotopic (exact) mass is 380 g/mol. The van der Waals surface area contributed by atoms with Crippen molar-refractivity contribution in [3.05, 3.63) is 35.8 Å². The Labute approximate surface area is 168 Å². The van der Waals surface area contributed by atoms with E-state index in [4.69, 9.17) is 0 Å². The van der Waals surface area contributed by atoms with Crippen molar-refractivity contribution >= 4 is 5.82 Å². The van der Waals surface area contributed by atoms with Crippen LogP contribution in [0.25, 0.3) is 0 Å². The van der Waals surface area contributed by atoms with Crippen molar-refractivity contribution in [3.63, 3.8) is 0 Å². The predicted octanol–water partition coefficient (Wildman–Crippen LogP) is 2.88. The highest BCUT2D eigenvalue weighted by Gasteiger charge is 2.40. The lowest BCUT2D eigenvalue weighted by Gasteiger charge is -2.24. The predicted molar refractivity (Wildman–Crippen MR) is 110 cm³/mol. The summed E-state index contributed by atoms with van der Waals surface area (Å²) in [6.07, 6.45) is 7.59. The van der Waals surface area contributed by atoms with Gasteiger partial charge in [-0.05, 0) is 24.7 Å². The van der Waals surface area contributed by atoms with E-state index in [9.17, 15) is 0 Å². The van der Waals surface area contributed by atoms with Gasteiger partial charge in [0.05, 0.1) is 11.4 Å². The number of nitrogens with zero attached hydrogens (tertiary/aromatic N) is 6. The summed E-state index contributed by atoms with van der Waals surface area (Å²) < 4.78 is 2.47. The molecule has 2 aromatic heterocycles. The van der Waals surface area contributed by atoms with Gasteiger partial charge in [-0.2, -0.15) is 0 Å². The van der Waals surface area contributed by atoms with Gasteiger partial charge in [0.2, 0.25) is 0 Å². The van der Waals surface area contributed by atoms with Gasteiger partial charge in [0.15, 0.2) is 0 Å². The highest BCUT2D eigenvalue weighted by atomic mass is 15.3. The Balaban J connectivity index is 1.23. The first kappa shape index (κ1) is 18.1. The van der Waals surface area contributed by atoms with Crippen molar-refractivity contribution in [1.82, 2.24) is 24.4 Å². The van der Waals surface area contributed by atoms with E-state index in [-0.39, 0.29) is 5.41 Å². The maximum atomic E-state index is 4.66. The Hall–Kier alpha value is -1.95. The molecule has 6 nitrogen and oxygen atoms in total. The molecule has 3 aliphatic heterocycles. The van der Waals surface area contributed by atoms with Gasteiger partial charge in [-0.25, -0.2) is 15.0 Å². The quantitative estimate of drug-likeness (QED) is 0.819. The van der Waals surface area contributed by atoms with E-state index in [0.29, 0.717) is 0 Å². The second kappa shape index (κ2) is 6.83. The van der Waals surface area contributed by atoms with Crippen LogP contribution in [0.4, 0.5) is 5.82 Å². The highest BCUT2D eigenvalue weighted by molar-refractivity contribution is 5.42. The minimum atomic E-state index is 0.0640. The Kier molecular flexibility index (Phi) is 4.42. The Morgan fingerprint density at radius 3 is 2.54 bits per heavy atom. The highest BCUT2D eigenvalue weighted by Crippen LogP contribution is 2.35. The first-order valence-corrected chi connectivity index (χ1v) is 10.8. The van der Waals surface area contributed by atoms with Crippen LogP contribution in [0.15, 0.2) is 18.6 Å². The number of aryl methyl sites for hydroxylation is 1. The molecule has 150 valence electrons. The van der Waals surface area contributed by atoms with Gasteiger partial charge in [-0.3, -0.25) is 4.90 Å². The number of imidazole rings is 1. The van der Waals surface area contributed by atoms with Gasteiger partial charge in [0.25, 0.3) is 0 Å². The van der Waals surface area contributed by atoms with Crippen LogP contribution >= 0.6 is 0 Å². The van der Waals surface area contributed by atoms with Crippen molar-refractivity contribution in [1.29, 1.82) is 0 Å². The van der Waals surface area contributed by atoms with E-state index in [2.05, 4.69) is 62.4 Å². The molecule has 2 saturated heterocycles. The SMILES string of the molecule is CC(C)(C)c1cc(N2CC3CN(Cc4cnc5n4CCCC5)CC3C2)ncn1. The summed E-state index contributed by atoms with van der Waals surface area (Å²) >= 11 is 0. The molecule has 0 bridgehead atoms. The van der Waals surface area contributed by atoms with Gasteiger partial charge < -0.3 is 9.47 Å². The molecule has 2 unspecified atom stereocenters. The minimum Gasteiger partial charge on any atom is -0.356 e. The number of hydrogen-bond donors (Lipinski definition) is 0. The summed E-state index contributed by atoms with van der Waals surface area (Å²) in [6, 6.07) is 2.19. The molecule has 0 aromatic carbocycles. The molecule has 2 fully saturated rings. The maximum absolute atomic E-state index is 4.66. The van der Waals surface area contributed by atoms with E-state index in [0.717, 1.165) is 55.9 Å². The van der Waals surface area contributed by atoms with E-state index in [1.54, 1.807) is 6.33 Å². The van der Waals surface area contributed by atoms with Crippen molar-refractivity contribution in [2.45, 2.75) is 58.5 Å². The molecule has 6 heteroatoms. The van der Waals surface area contributed by atoms with Crippen molar-refractivity contribution < 1.29 is 0 Å². The third-order valence-corrected chi connectivity index (χ3v) is 6.75. The van der Waals surface area contributed by atoms with E-state index >= 15 is 0 Å². The molecule has 2 aromatic rings. The van der Waals surface area contributed by atoms with Crippen LogP contribution < -0.4 is 4.90 Å². The number of aromatic nitrogens is 4. The molecule has 28 heavy (non-hydrogen) atoms. The number of rotatable bonds is 3. The maximum Gasteiger partial charge on any atom is 0.132 e. The molecule has 0 saturated carbocycles. The van der Waals surface area contributed by atoms with Crippen LogP contribution in [-0.2, 0) is 24.9 Å². The molecule has 0 radical (unpaired) electrons. The Morgan fingerprint density at radius 1 is 1.00 bits per heavy atom. The summed E-state index contributed by atoms with van der Waals surface area (Å²) in [5, 5.41) is 0. The summed E-state index contributed by atoms with van der Waals surface area (Å²) in [6.45, 7) is 13.5. The van der Waals surface area contributed by atoms with Gasteiger partial charge in [-0.15, -0.1) is 0 Å². The summed E-state index contributed by atoms with van der Waals surface area (Å²) in [4.78, 5) is 18.9. The average Bonchev–Trinajstić information content (AvgIpc) is 3.35. The van der Waals surface area contributed by atoms with Crippen LogP contribution in [0.5, 0.6) is 0 Å². The molecule has 0 amide bonds. The zero-order chi connectivity index (χ0) is 19.3. The van der Waals surface area contributed by atoms with Crippen LogP contribution in [0.1, 0.15) is 50.8 Å². The third kappa shape index (κ3) is 3.32. The molecule has 0 spiro atoms. The van der Waals surface area contributed by atoms with Crippen LogP contribution in [0.3, 0.4) is 0 Å². The molecular formula is C22H32N6. The largest absolute Gasteiger partial charge is 0.356 e. The third-order valence-electron chi connectivity index (χ3n) is 6.75. The van der Waals surface area contributed by atoms with E-state index < -0.39 is 0 Å². The molecule has 0 N–H and O–H groups in total. The smallest absolute Gasteiger partial charge is 0.132 e. The summed E-state index contributed by atoms with van der Waals surface area (Å²) in [5.74, 6) is 3.89. The zero-order valence-corrected chi connectivity index (χ0v) is 17.4. The van der Waals surface area contributed by atoms with Crippen molar-refractivity contribution in [2.24, 2.45) is 11.8 Å². The number of anilines is 1. The van der Waals surface area contributed by atoms with Gasteiger partial charge >= 0.3 is 0 Å². The number of fused-ring (bicyclic) bond motifs is 2. The average molecular weight is 381 g/mol. The first-order chi connectivity index (χ1) is 13.5. The first-order valence-electron chi connectivity index (χ1n) is 10.8. The lowest BCUT2D eigenvalue weighted by molar-refractivity contribution is 0.297. The molecular weight excluding hydrogens is 348 g/mol. The standard InChI is InChI=1S/C22H32N6/c1-22(2,3)19-8-21(25-15-24-19)27-12-16-10-26(11-17(16)13-27)14-18-9-23-20-6-4-5-7-28(18)20/h8-9,15-17H,4-7,10-14H2,1-3H3. The van der Waals surface area contributed by atoms with Crippen LogP contribution in [0, 0.1) is 11.8 Å². The van der Waals surface area contributed by atoms with Crippen LogP contribution in [-0.4, -0.2) is 50.6 Å². The Bertz CT molecular complexity index is 837. The fourth-order valence-electron chi connectivity index (χ4n) is 5.17. The normalized spacial score (nSPS) is 25.2. The second-order valence-corrected chi connectivity index (χ2v) is 9.91. The molecule has 5 heterocycles. The fraction of sp³-hybridized carbons (Fsp3) is 0.682. The molecule has 2 atom stereocenters. The molecule has 3 aliphatic rings. The molecule has 0 aliphatic carbocycles. The van der Waals surface area contributed by atoms with Gasteiger partial charge in [-0.1, -0.05) is 20.8 Å². The molecule has 5 rings (SSSR count). The van der Waals surface area contributed by atoms with E-state index in [1.165, 1.54) is 37.4 Å². The topological polar surface area (TPSA) is 50.1 Å². The second-order valence-electron chi connectivity index (χ2n) is 9.91. The summed E-state index contributed by atoms with van der Waals surface area (Å²) in [7, 11) is 0. The number of hydrogen-bond acceptors (Lipinski definition) is 5.